The van der Waals surface area contributed by atoms with Crippen LogP contribution in [-0.2, 0) is 0 Å². The third kappa shape index (κ3) is 2.09. The molecule has 0 amide bonds. The number of hydrogen-bond acceptors (Lipinski definition) is 4. The third-order valence-electron chi connectivity index (χ3n) is 2.10. The molecule has 0 saturated heterocycles. The summed E-state index contributed by atoms with van der Waals surface area (Å²) in [6, 6.07) is 9.70. The highest BCUT2D eigenvalue weighted by Crippen LogP contribution is 2.23. The van der Waals surface area contributed by atoms with Crippen LogP contribution >= 0.6 is 11.3 Å². The Labute approximate surface area is 92.2 Å². The van der Waals surface area contributed by atoms with E-state index in [1.807, 2.05) is 37.3 Å². The third-order valence-corrected chi connectivity index (χ3v) is 3.13. The Kier molecular flexibility index (Phi) is 2.86. The summed E-state index contributed by atoms with van der Waals surface area (Å²) < 4.78 is 0. The molecule has 0 aliphatic carbocycles. The van der Waals surface area contributed by atoms with Crippen molar-refractivity contribution in [3.8, 4) is 10.6 Å². The van der Waals surface area contributed by atoms with Crippen LogP contribution in [0.3, 0.4) is 0 Å². The van der Waals surface area contributed by atoms with Gasteiger partial charge in [-0.25, -0.2) is 4.98 Å². The number of thiazole rings is 1. The van der Waals surface area contributed by atoms with E-state index in [1.165, 1.54) is 11.3 Å². The van der Waals surface area contributed by atoms with Crippen molar-refractivity contribution in [3.05, 3.63) is 35.2 Å². The minimum Gasteiger partial charge on any atom is -0.422 e. The molecule has 2 N–H and O–H groups in total. The molecule has 2 rings (SSSR count). The molecule has 15 heavy (non-hydrogen) atoms. The van der Waals surface area contributed by atoms with Crippen molar-refractivity contribution in [3.63, 3.8) is 0 Å². The van der Waals surface area contributed by atoms with Gasteiger partial charge < -0.3 is 10.0 Å². The molecule has 0 unspecified atom stereocenters. The predicted molar refractivity (Wildman–Crippen MR) is 62.1 cm³/mol. The van der Waals surface area contributed by atoms with Crippen LogP contribution in [0.15, 0.2) is 30.3 Å². The van der Waals surface area contributed by atoms with Crippen LogP contribution in [0.2, 0.25) is 0 Å². The van der Waals surface area contributed by atoms with E-state index in [1.54, 1.807) is 0 Å². The lowest BCUT2D eigenvalue weighted by Crippen LogP contribution is -2.32. The summed E-state index contributed by atoms with van der Waals surface area (Å²) in [5.41, 5.74) is 1.34. The molecule has 2 aromatic rings. The molecule has 0 saturated carbocycles. The molecule has 5 heteroatoms. The zero-order chi connectivity index (χ0) is 10.8. The first-order valence-electron chi connectivity index (χ1n) is 4.57. The number of nitrogens with zero attached hydrogens (tertiary/aromatic N) is 1. The van der Waals surface area contributed by atoms with Crippen molar-refractivity contribution >= 4 is 24.0 Å². The molecular formula is C10H10BNO2S. The standard InChI is InChI=1S/C10H10BNO2S/c1-7-9(11(13)14)12-10(15-7)8-5-3-2-4-6-8/h2-6,13-14H,1H3. The summed E-state index contributed by atoms with van der Waals surface area (Å²) in [6.45, 7) is 1.83. The van der Waals surface area contributed by atoms with Gasteiger partial charge in [-0.15, -0.1) is 11.3 Å². The van der Waals surface area contributed by atoms with Crippen LogP contribution in [0.5, 0.6) is 0 Å². The van der Waals surface area contributed by atoms with Gasteiger partial charge >= 0.3 is 7.12 Å². The Morgan fingerprint density at radius 3 is 2.40 bits per heavy atom. The fraction of sp³-hybridized carbons (Fsp3) is 0.100. The number of hydrogen-bond donors (Lipinski definition) is 2. The van der Waals surface area contributed by atoms with Crippen LogP contribution in [0.1, 0.15) is 4.88 Å². The first kappa shape index (κ1) is 10.4. The zero-order valence-corrected chi connectivity index (χ0v) is 9.03. The van der Waals surface area contributed by atoms with Gasteiger partial charge in [0.1, 0.15) is 5.01 Å². The zero-order valence-electron chi connectivity index (χ0n) is 8.21. The topological polar surface area (TPSA) is 53.4 Å². The maximum Gasteiger partial charge on any atom is 0.509 e. The molecule has 0 aliphatic rings. The molecule has 0 aliphatic heterocycles. The number of aromatic nitrogens is 1. The van der Waals surface area contributed by atoms with E-state index in [2.05, 4.69) is 4.98 Å². The average Bonchev–Trinajstić information content (AvgIpc) is 2.62. The van der Waals surface area contributed by atoms with Gasteiger partial charge in [0.05, 0.1) is 5.59 Å². The molecule has 1 aromatic heterocycles. The van der Waals surface area contributed by atoms with Crippen molar-refractivity contribution in [2.24, 2.45) is 0 Å². The van der Waals surface area contributed by atoms with Crippen LogP contribution in [0.25, 0.3) is 10.6 Å². The summed E-state index contributed by atoms with van der Waals surface area (Å²) in [5.74, 6) is 0. The maximum atomic E-state index is 9.06. The van der Waals surface area contributed by atoms with Crippen LogP contribution < -0.4 is 5.59 Å². The van der Waals surface area contributed by atoms with Gasteiger partial charge in [-0.3, -0.25) is 0 Å². The van der Waals surface area contributed by atoms with Gasteiger partial charge in [0, 0.05) is 10.4 Å². The lowest BCUT2D eigenvalue weighted by molar-refractivity contribution is 0.424. The summed E-state index contributed by atoms with van der Waals surface area (Å²) >= 11 is 1.46. The molecule has 1 aromatic carbocycles. The summed E-state index contributed by atoms with van der Waals surface area (Å²) in [5, 5.41) is 18.9. The molecule has 0 fully saturated rings. The highest BCUT2D eigenvalue weighted by Gasteiger charge is 2.19. The highest BCUT2D eigenvalue weighted by molar-refractivity contribution is 7.16. The predicted octanol–water partition coefficient (Wildman–Crippen LogP) is 0.798. The van der Waals surface area contributed by atoms with Crippen molar-refractivity contribution in [1.29, 1.82) is 0 Å². The minimum atomic E-state index is -1.49. The molecule has 0 bridgehead atoms. The molecule has 0 atom stereocenters. The number of rotatable bonds is 2. The van der Waals surface area contributed by atoms with Crippen molar-refractivity contribution in [1.82, 2.24) is 4.98 Å². The second-order valence-corrected chi connectivity index (χ2v) is 4.40. The Bertz CT molecular complexity index is 456. The van der Waals surface area contributed by atoms with E-state index in [0.717, 1.165) is 15.4 Å². The van der Waals surface area contributed by atoms with E-state index >= 15 is 0 Å². The maximum absolute atomic E-state index is 9.06. The van der Waals surface area contributed by atoms with E-state index in [9.17, 15) is 0 Å². The van der Waals surface area contributed by atoms with Gasteiger partial charge in [0.2, 0.25) is 0 Å². The summed E-state index contributed by atoms with van der Waals surface area (Å²) in [6.07, 6.45) is 0. The van der Waals surface area contributed by atoms with E-state index in [-0.39, 0.29) is 0 Å². The molecule has 0 radical (unpaired) electrons. The van der Waals surface area contributed by atoms with E-state index < -0.39 is 7.12 Å². The Hall–Kier alpha value is -1.17. The smallest absolute Gasteiger partial charge is 0.422 e. The van der Waals surface area contributed by atoms with Gasteiger partial charge in [-0.2, -0.15) is 0 Å². The van der Waals surface area contributed by atoms with E-state index in [4.69, 9.17) is 10.0 Å². The highest BCUT2D eigenvalue weighted by atomic mass is 32.1. The monoisotopic (exact) mass is 219 g/mol. The number of aryl methyl sites for hydroxylation is 1. The fourth-order valence-electron chi connectivity index (χ4n) is 1.35. The minimum absolute atomic E-state index is 0.346. The second-order valence-electron chi connectivity index (χ2n) is 3.20. The van der Waals surface area contributed by atoms with Crippen molar-refractivity contribution in [2.75, 3.05) is 0 Å². The summed E-state index contributed by atoms with van der Waals surface area (Å²) in [4.78, 5) is 5.03. The lowest BCUT2D eigenvalue weighted by Gasteiger charge is -1.94. The second kappa shape index (κ2) is 4.14. The van der Waals surface area contributed by atoms with E-state index in [0.29, 0.717) is 5.59 Å². The van der Waals surface area contributed by atoms with Gasteiger partial charge in [-0.05, 0) is 6.92 Å². The van der Waals surface area contributed by atoms with Crippen molar-refractivity contribution < 1.29 is 10.0 Å². The molecule has 1 heterocycles. The van der Waals surface area contributed by atoms with Crippen LogP contribution in [0, 0.1) is 6.92 Å². The first-order chi connectivity index (χ1) is 7.18. The van der Waals surface area contributed by atoms with Gasteiger partial charge in [-0.1, -0.05) is 30.3 Å². The summed E-state index contributed by atoms with van der Waals surface area (Å²) in [7, 11) is -1.49. The Morgan fingerprint density at radius 2 is 1.87 bits per heavy atom. The molecular weight excluding hydrogens is 209 g/mol. The van der Waals surface area contributed by atoms with Crippen molar-refractivity contribution in [2.45, 2.75) is 6.92 Å². The average molecular weight is 219 g/mol. The Balaban J connectivity index is 2.43. The van der Waals surface area contributed by atoms with Crippen LogP contribution in [-0.4, -0.2) is 22.2 Å². The molecule has 3 nitrogen and oxygen atoms in total. The normalized spacial score (nSPS) is 10.3. The SMILES string of the molecule is Cc1sc(-c2ccccc2)nc1B(O)O. The molecule has 0 spiro atoms. The lowest BCUT2D eigenvalue weighted by atomic mass is 9.85. The van der Waals surface area contributed by atoms with Gasteiger partial charge in [0.25, 0.3) is 0 Å². The number of benzene rings is 1. The molecule has 76 valence electrons. The fourth-order valence-corrected chi connectivity index (χ4v) is 2.30. The Morgan fingerprint density at radius 1 is 1.20 bits per heavy atom. The first-order valence-corrected chi connectivity index (χ1v) is 5.39. The quantitative estimate of drug-likeness (QED) is 0.734. The largest absolute Gasteiger partial charge is 0.509 e. The van der Waals surface area contributed by atoms with Gasteiger partial charge in [0.15, 0.2) is 0 Å². The van der Waals surface area contributed by atoms with Crippen LogP contribution in [0.4, 0.5) is 0 Å².